The molecule has 0 aliphatic rings. The molecule has 0 radical (unpaired) electrons. The zero-order valence-corrected chi connectivity index (χ0v) is 11.8. The smallest absolute Gasteiger partial charge is 0.134 e. The second-order valence-electron chi connectivity index (χ2n) is 5.15. The summed E-state index contributed by atoms with van der Waals surface area (Å²) in [6, 6.07) is 9.84. The average molecular weight is 269 g/mol. The highest BCUT2D eigenvalue weighted by Crippen LogP contribution is 2.27. The van der Waals surface area contributed by atoms with Crippen LogP contribution in [0.5, 0.6) is 0 Å². The van der Waals surface area contributed by atoms with Crippen molar-refractivity contribution < 1.29 is 4.42 Å². The predicted octanol–water partition coefficient (Wildman–Crippen LogP) is 3.40. The van der Waals surface area contributed by atoms with Gasteiger partial charge in [0.25, 0.3) is 0 Å². The highest BCUT2D eigenvalue weighted by atomic mass is 16.3. The molecule has 0 aliphatic carbocycles. The first kappa shape index (κ1) is 12.9. The van der Waals surface area contributed by atoms with Crippen molar-refractivity contribution in [2.75, 3.05) is 0 Å². The van der Waals surface area contributed by atoms with Gasteiger partial charge in [0, 0.05) is 18.1 Å². The van der Waals surface area contributed by atoms with Gasteiger partial charge in [-0.1, -0.05) is 18.6 Å². The number of fused-ring (bicyclic) bond motifs is 1. The van der Waals surface area contributed by atoms with Crippen LogP contribution >= 0.6 is 0 Å². The zero-order valence-electron chi connectivity index (χ0n) is 11.8. The van der Waals surface area contributed by atoms with E-state index in [1.807, 2.05) is 28.9 Å². The van der Waals surface area contributed by atoms with Crippen LogP contribution in [0.4, 0.5) is 0 Å². The number of hydrogen-bond donors (Lipinski definition) is 1. The number of hydrogen-bond acceptors (Lipinski definition) is 3. The summed E-state index contributed by atoms with van der Waals surface area (Å²) in [6.45, 7) is 5.07. The van der Waals surface area contributed by atoms with E-state index < -0.39 is 0 Å². The standard InChI is InChI=1S/C16H19N3O/c1-3-8-19-13(6-7-18-19)16(17)15-10-12-9-11(2)4-5-14(12)20-15/h4-7,9-10,16H,3,8,17H2,1-2H3. The Bertz CT molecular complexity index is 726. The van der Waals surface area contributed by atoms with E-state index in [1.165, 1.54) is 5.56 Å². The van der Waals surface area contributed by atoms with Gasteiger partial charge < -0.3 is 10.2 Å². The summed E-state index contributed by atoms with van der Waals surface area (Å²) >= 11 is 0. The first-order chi connectivity index (χ1) is 9.69. The Labute approximate surface area is 118 Å². The Morgan fingerprint density at radius 3 is 2.95 bits per heavy atom. The molecule has 0 spiro atoms. The first-order valence-corrected chi connectivity index (χ1v) is 6.96. The largest absolute Gasteiger partial charge is 0.459 e. The summed E-state index contributed by atoms with van der Waals surface area (Å²) in [5.74, 6) is 0.781. The topological polar surface area (TPSA) is 57.0 Å². The third kappa shape index (κ3) is 2.23. The van der Waals surface area contributed by atoms with Crippen LogP contribution in [0.3, 0.4) is 0 Å². The second kappa shape index (κ2) is 5.13. The molecule has 0 bridgehead atoms. The van der Waals surface area contributed by atoms with Gasteiger partial charge in [0.1, 0.15) is 17.4 Å². The fraction of sp³-hybridized carbons (Fsp3) is 0.312. The molecule has 20 heavy (non-hydrogen) atoms. The SMILES string of the molecule is CCCn1nccc1C(N)c1cc2cc(C)ccc2o1. The van der Waals surface area contributed by atoms with E-state index in [0.29, 0.717) is 0 Å². The predicted molar refractivity (Wildman–Crippen MR) is 79.5 cm³/mol. The highest BCUT2D eigenvalue weighted by Gasteiger charge is 2.18. The van der Waals surface area contributed by atoms with Crippen LogP contribution in [0.1, 0.15) is 36.4 Å². The maximum Gasteiger partial charge on any atom is 0.134 e. The molecule has 0 saturated heterocycles. The molecule has 1 aromatic carbocycles. The van der Waals surface area contributed by atoms with E-state index in [2.05, 4.69) is 25.0 Å². The minimum absolute atomic E-state index is 0.281. The summed E-state index contributed by atoms with van der Waals surface area (Å²) in [4.78, 5) is 0. The Hall–Kier alpha value is -2.07. The van der Waals surface area contributed by atoms with Gasteiger partial charge in [-0.3, -0.25) is 4.68 Å². The maximum atomic E-state index is 6.34. The van der Waals surface area contributed by atoms with Crippen molar-refractivity contribution in [3.63, 3.8) is 0 Å². The summed E-state index contributed by atoms with van der Waals surface area (Å²) in [5.41, 5.74) is 9.42. The number of aryl methyl sites for hydroxylation is 2. The van der Waals surface area contributed by atoms with Crippen molar-refractivity contribution in [2.24, 2.45) is 5.73 Å². The van der Waals surface area contributed by atoms with Gasteiger partial charge in [-0.25, -0.2) is 0 Å². The molecule has 3 rings (SSSR count). The monoisotopic (exact) mass is 269 g/mol. The molecular weight excluding hydrogens is 250 g/mol. The quantitative estimate of drug-likeness (QED) is 0.789. The summed E-state index contributed by atoms with van der Waals surface area (Å²) < 4.78 is 7.82. The van der Waals surface area contributed by atoms with Gasteiger partial charge in [0.15, 0.2) is 0 Å². The van der Waals surface area contributed by atoms with Crippen molar-refractivity contribution in [3.05, 3.63) is 53.5 Å². The molecule has 0 saturated carbocycles. The van der Waals surface area contributed by atoms with Gasteiger partial charge in [-0.15, -0.1) is 0 Å². The van der Waals surface area contributed by atoms with Gasteiger partial charge in [-0.2, -0.15) is 5.10 Å². The molecule has 2 N–H and O–H groups in total. The molecule has 1 unspecified atom stereocenters. The Kier molecular flexibility index (Phi) is 3.32. The summed E-state index contributed by atoms with van der Waals surface area (Å²) in [7, 11) is 0. The lowest BCUT2D eigenvalue weighted by atomic mass is 10.1. The highest BCUT2D eigenvalue weighted by molar-refractivity contribution is 5.78. The number of benzene rings is 1. The molecule has 1 atom stereocenters. The summed E-state index contributed by atoms with van der Waals surface area (Å²) in [5, 5.41) is 5.41. The molecule has 2 heterocycles. The van der Waals surface area contributed by atoms with Crippen molar-refractivity contribution in [1.29, 1.82) is 0 Å². The van der Waals surface area contributed by atoms with Crippen LogP contribution in [-0.2, 0) is 6.54 Å². The second-order valence-corrected chi connectivity index (χ2v) is 5.15. The summed E-state index contributed by atoms with van der Waals surface area (Å²) in [6.07, 6.45) is 2.82. The number of rotatable bonds is 4. The number of aromatic nitrogens is 2. The lowest BCUT2D eigenvalue weighted by molar-refractivity contribution is 0.492. The molecule has 104 valence electrons. The fourth-order valence-corrected chi connectivity index (χ4v) is 2.49. The fourth-order valence-electron chi connectivity index (χ4n) is 2.49. The van der Waals surface area contributed by atoms with Gasteiger partial charge in [0.05, 0.1) is 5.69 Å². The molecule has 0 aliphatic heterocycles. The molecular formula is C16H19N3O. The first-order valence-electron chi connectivity index (χ1n) is 6.96. The zero-order chi connectivity index (χ0) is 14.1. The van der Waals surface area contributed by atoms with Crippen LogP contribution in [0, 0.1) is 6.92 Å². The third-order valence-electron chi connectivity index (χ3n) is 3.50. The Morgan fingerprint density at radius 2 is 2.15 bits per heavy atom. The van der Waals surface area contributed by atoms with Crippen molar-refractivity contribution in [3.8, 4) is 0 Å². The average Bonchev–Trinajstić information content (AvgIpc) is 3.04. The van der Waals surface area contributed by atoms with Crippen LogP contribution in [0.15, 0.2) is 40.9 Å². The third-order valence-corrected chi connectivity index (χ3v) is 3.50. The van der Waals surface area contributed by atoms with E-state index in [4.69, 9.17) is 10.2 Å². The lowest BCUT2D eigenvalue weighted by Crippen LogP contribution is -2.17. The molecule has 4 heteroatoms. The van der Waals surface area contributed by atoms with E-state index in [1.54, 1.807) is 6.20 Å². The van der Waals surface area contributed by atoms with Crippen molar-refractivity contribution in [2.45, 2.75) is 32.9 Å². The normalized spacial score (nSPS) is 12.9. The van der Waals surface area contributed by atoms with Gasteiger partial charge >= 0.3 is 0 Å². The molecule has 2 aromatic heterocycles. The minimum atomic E-state index is -0.281. The molecule has 0 fully saturated rings. The molecule has 4 nitrogen and oxygen atoms in total. The van der Waals surface area contributed by atoms with Crippen LogP contribution < -0.4 is 5.73 Å². The molecule has 3 aromatic rings. The van der Waals surface area contributed by atoms with E-state index in [-0.39, 0.29) is 6.04 Å². The van der Waals surface area contributed by atoms with Crippen LogP contribution in [0.2, 0.25) is 0 Å². The Balaban J connectivity index is 1.99. The van der Waals surface area contributed by atoms with Crippen LogP contribution in [-0.4, -0.2) is 9.78 Å². The number of furan rings is 1. The maximum absolute atomic E-state index is 6.34. The molecule has 0 amide bonds. The van der Waals surface area contributed by atoms with Crippen LogP contribution in [0.25, 0.3) is 11.0 Å². The van der Waals surface area contributed by atoms with E-state index in [9.17, 15) is 0 Å². The lowest BCUT2D eigenvalue weighted by Gasteiger charge is -2.11. The minimum Gasteiger partial charge on any atom is -0.459 e. The van der Waals surface area contributed by atoms with E-state index >= 15 is 0 Å². The number of nitrogens with two attached hydrogens (primary N) is 1. The van der Waals surface area contributed by atoms with Gasteiger partial charge in [-0.05, 0) is 37.6 Å². The van der Waals surface area contributed by atoms with Gasteiger partial charge in [0.2, 0.25) is 0 Å². The van der Waals surface area contributed by atoms with E-state index in [0.717, 1.165) is 35.4 Å². The van der Waals surface area contributed by atoms with Crippen molar-refractivity contribution >= 4 is 11.0 Å². The number of nitrogens with zero attached hydrogens (tertiary/aromatic N) is 2. The van der Waals surface area contributed by atoms with Crippen molar-refractivity contribution in [1.82, 2.24) is 9.78 Å². The Morgan fingerprint density at radius 1 is 1.30 bits per heavy atom.